The predicted octanol–water partition coefficient (Wildman–Crippen LogP) is 6.70. The van der Waals surface area contributed by atoms with E-state index in [1.165, 1.54) is 42.3 Å². The molecule has 0 unspecified atom stereocenters. The molecule has 1 aliphatic carbocycles. The maximum absolute atomic E-state index is 4.94. The van der Waals surface area contributed by atoms with Crippen molar-refractivity contribution in [2.75, 3.05) is 11.9 Å². The number of benzene rings is 2. The molecule has 1 saturated carbocycles. The van der Waals surface area contributed by atoms with Crippen molar-refractivity contribution >= 4 is 16.6 Å². The number of likely N-dealkylation sites (N-methyl/N-ethyl adjacent to an activating group) is 1. The van der Waals surface area contributed by atoms with Crippen molar-refractivity contribution in [1.29, 1.82) is 0 Å². The van der Waals surface area contributed by atoms with Gasteiger partial charge in [-0.25, -0.2) is 0 Å². The van der Waals surface area contributed by atoms with E-state index in [0.29, 0.717) is 12.1 Å². The lowest BCUT2D eigenvalue weighted by Gasteiger charge is -2.45. The molecule has 0 spiro atoms. The highest BCUT2D eigenvalue weighted by atomic mass is 15.2. The summed E-state index contributed by atoms with van der Waals surface area (Å²) in [5.74, 6) is 0. The molecule has 2 aromatic carbocycles. The van der Waals surface area contributed by atoms with Gasteiger partial charge in [0.15, 0.2) is 0 Å². The Hall–Kier alpha value is -3.24. The predicted molar refractivity (Wildman–Crippen MR) is 146 cm³/mol. The third-order valence-electron chi connectivity index (χ3n) is 7.42. The van der Waals surface area contributed by atoms with Crippen LogP contribution >= 0.6 is 0 Å². The molecule has 2 aromatic heterocycles. The number of rotatable bonds is 7. The Morgan fingerprint density at radius 3 is 2.26 bits per heavy atom. The number of aromatic nitrogens is 2. The fourth-order valence-corrected chi connectivity index (χ4v) is 5.67. The van der Waals surface area contributed by atoms with Gasteiger partial charge >= 0.3 is 0 Å². The summed E-state index contributed by atoms with van der Waals surface area (Å²) in [6.45, 7) is 5.95. The number of hydrogen-bond donors (Lipinski definition) is 0. The van der Waals surface area contributed by atoms with Gasteiger partial charge in [0.25, 0.3) is 0 Å². The highest BCUT2D eigenvalue weighted by Crippen LogP contribution is 2.34. The molecular formula is C31H36N4. The van der Waals surface area contributed by atoms with E-state index in [9.17, 15) is 0 Å². The molecule has 1 fully saturated rings. The first-order chi connectivity index (χ1) is 17.1. The number of nitrogens with zero attached hydrogens (tertiary/aromatic N) is 4. The molecule has 0 aliphatic heterocycles. The number of fused-ring (bicyclic) bond motifs is 1. The van der Waals surface area contributed by atoms with Gasteiger partial charge in [-0.1, -0.05) is 67.4 Å². The Balaban J connectivity index is 1.50. The van der Waals surface area contributed by atoms with Crippen LogP contribution in [-0.2, 0) is 13.1 Å². The first-order valence-corrected chi connectivity index (χ1v) is 12.9. The minimum absolute atomic E-state index is 0.421. The van der Waals surface area contributed by atoms with Gasteiger partial charge in [0.2, 0.25) is 0 Å². The number of anilines is 1. The molecule has 1 aliphatic rings. The summed E-state index contributed by atoms with van der Waals surface area (Å²) < 4.78 is 0. The van der Waals surface area contributed by atoms with Crippen LogP contribution in [0.4, 0.5) is 5.69 Å². The minimum atomic E-state index is 0.421. The first-order valence-electron chi connectivity index (χ1n) is 12.9. The Morgan fingerprint density at radius 1 is 0.714 bits per heavy atom. The van der Waals surface area contributed by atoms with Gasteiger partial charge in [0.1, 0.15) is 0 Å². The third kappa shape index (κ3) is 5.38. The zero-order valence-corrected chi connectivity index (χ0v) is 21.2. The molecule has 5 rings (SSSR count). The quantitative estimate of drug-likeness (QED) is 0.305. The van der Waals surface area contributed by atoms with Gasteiger partial charge in [-0.2, -0.15) is 0 Å². The van der Waals surface area contributed by atoms with E-state index in [-0.39, 0.29) is 0 Å². The van der Waals surface area contributed by atoms with E-state index < -0.39 is 0 Å². The van der Waals surface area contributed by atoms with Gasteiger partial charge in [-0.05, 0) is 56.5 Å². The van der Waals surface area contributed by atoms with Crippen LogP contribution in [0.15, 0.2) is 78.9 Å². The zero-order chi connectivity index (χ0) is 24.2. The topological polar surface area (TPSA) is 32.3 Å². The molecule has 2 atom stereocenters. The second-order valence-electron chi connectivity index (χ2n) is 9.99. The Bertz CT molecular complexity index is 1270. The summed E-state index contributed by atoms with van der Waals surface area (Å²) in [7, 11) is 2.27. The number of aryl methyl sites for hydroxylation is 2. The van der Waals surface area contributed by atoms with Crippen molar-refractivity contribution in [2.24, 2.45) is 0 Å². The Morgan fingerprint density at radius 2 is 1.46 bits per heavy atom. The average Bonchev–Trinajstić information content (AvgIpc) is 2.88. The zero-order valence-electron chi connectivity index (χ0n) is 21.2. The van der Waals surface area contributed by atoms with Crippen LogP contribution in [0.2, 0.25) is 0 Å². The molecule has 0 bridgehead atoms. The SMILES string of the molecule is Cc1cccc(CN(Cc2ccccc2)[C@H]2CCCC[C@@H]2N(C)c2cccc3ccc(C)nc23)n1. The van der Waals surface area contributed by atoms with Crippen LogP contribution in [-0.4, -0.2) is 34.0 Å². The van der Waals surface area contributed by atoms with E-state index in [1.54, 1.807) is 0 Å². The van der Waals surface area contributed by atoms with Crippen molar-refractivity contribution in [2.45, 2.75) is 64.7 Å². The largest absolute Gasteiger partial charge is 0.368 e. The third-order valence-corrected chi connectivity index (χ3v) is 7.42. The van der Waals surface area contributed by atoms with Gasteiger partial charge in [-0.15, -0.1) is 0 Å². The lowest BCUT2D eigenvalue weighted by Crippen LogP contribution is -2.52. The van der Waals surface area contributed by atoms with Crippen LogP contribution in [0.1, 0.15) is 48.3 Å². The summed E-state index contributed by atoms with van der Waals surface area (Å²) in [6.07, 6.45) is 4.93. The fourth-order valence-electron chi connectivity index (χ4n) is 5.67. The number of hydrogen-bond acceptors (Lipinski definition) is 4. The first kappa shape index (κ1) is 23.5. The van der Waals surface area contributed by atoms with E-state index in [4.69, 9.17) is 9.97 Å². The molecule has 0 radical (unpaired) electrons. The molecule has 35 heavy (non-hydrogen) atoms. The van der Waals surface area contributed by atoms with Crippen molar-refractivity contribution in [1.82, 2.24) is 14.9 Å². The normalized spacial score (nSPS) is 18.2. The van der Waals surface area contributed by atoms with Crippen LogP contribution < -0.4 is 4.90 Å². The van der Waals surface area contributed by atoms with Gasteiger partial charge in [-0.3, -0.25) is 14.9 Å². The molecule has 4 nitrogen and oxygen atoms in total. The van der Waals surface area contributed by atoms with E-state index in [0.717, 1.165) is 35.7 Å². The van der Waals surface area contributed by atoms with E-state index in [1.807, 2.05) is 0 Å². The lowest BCUT2D eigenvalue weighted by molar-refractivity contribution is 0.118. The Labute approximate surface area is 209 Å². The summed E-state index contributed by atoms with van der Waals surface area (Å²) in [5.41, 5.74) is 6.99. The monoisotopic (exact) mass is 464 g/mol. The smallest absolute Gasteiger partial charge is 0.0938 e. The molecule has 180 valence electrons. The van der Waals surface area contributed by atoms with Crippen LogP contribution in [0.3, 0.4) is 0 Å². The van der Waals surface area contributed by atoms with Crippen LogP contribution in [0.25, 0.3) is 10.9 Å². The molecular weight excluding hydrogens is 428 g/mol. The lowest BCUT2D eigenvalue weighted by atomic mass is 9.87. The van der Waals surface area contributed by atoms with Gasteiger partial charge < -0.3 is 4.90 Å². The maximum Gasteiger partial charge on any atom is 0.0938 e. The molecule has 4 aromatic rings. The maximum atomic E-state index is 4.94. The molecule has 0 amide bonds. The highest BCUT2D eigenvalue weighted by molar-refractivity contribution is 5.91. The fraction of sp³-hybridized carbons (Fsp3) is 0.355. The molecule has 2 heterocycles. The van der Waals surface area contributed by atoms with Crippen molar-refractivity contribution in [3.05, 3.63) is 102 Å². The van der Waals surface area contributed by atoms with Gasteiger partial charge in [0, 0.05) is 49.0 Å². The molecule has 0 N–H and O–H groups in total. The Kier molecular flexibility index (Phi) is 7.10. The van der Waals surface area contributed by atoms with Crippen molar-refractivity contribution < 1.29 is 0 Å². The van der Waals surface area contributed by atoms with Gasteiger partial charge in [0.05, 0.1) is 16.9 Å². The average molecular weight is 465 g/mol. The number of pyridine rings is 2. The number of para-hydroxylation sites is 1. The van der Waals surface area contributed by atoms with Crippen molar-refractivity contribution in [3.8, 4) is 0 Å². The summed E-state index contributed by atoms with van der Waals surface area (Å²) in [4.78, 5) is 15.0. The summed E-state index contributed by atoms with van der Waals surface area (Å²) >= 11 is 0. The molecule has 0 saturated heterocycles. The summed E-state index contributed by atoms with van der Waals surface area (Å²) in [5, 5.41) is 1.21. The van der Waals surface area contributed by atoms with Crippen LogP contribution in [0, 0.1) is 13.8 Å². The second kappa shape index (κ2) is 10.6. The second-order valence-corrected chi connectivity index (χ2v) is 9.99. The molecule has 4 heteroatoms. The standard InChI is InChI=1S/C31H36N4/c1-23-11-9-15-27(32-23)22-35(21-25-12-5-4-6-13-25)29-17-8-7-16-28(29)34(3)30-18-10-14-26-20-19-24(2)33-31(26)30/h4-6,9-15,18-20,28-29H,7-8,16-17,21-22H2,1-3H3/t28-,29-/m0/s1. The highest BCUT2D eigenvalue weighted by Gasteiger charge is 2.34. The van der Waals surface area contributed by atoms with Crippen molar-refractivity contribution in [3.63, 3.8) is 0 Å². The van der Waals surface area contributed by atoms with E-state index in [2.05, 4.69) is 110 Å². The van der Waals surface area contributed by atoms with Crippen LogP contribution in [0.5, 0.6) is 0 Å². The minimum Gasteiger partial charge on any atom is -0.368 e. The summed E-state index contributed by atoms with van der Waals surface area (Å²) in [6, 6.07) is 29.0. The van der Waals surface area contributed by atoms with E-state index >= 15 is 0 Å².